The van der Waals surface area contributed by atoms with Gasteiger partial charge in [0.25, 0.3) is 0 Å². The van der Waals surface area contributed by atoms with E-state index in [1.165, 1.54) is 19.2 Å². The van der Waals surface area contributed by atoms with Crippen LogP contribution >= 0.6 is 0 Å². The fourth-order valence-corrected chi connectivity index (χ4v) is 3.60. The summed E-state index contributed by atoms with van der Waals surface area (Å²) in [4.78, 5) is 48.9. The molecular formula is C30H47NO10. The van der Waals surface area contributed by atoms with E-state index in [4.69, 9.17) is 28.4 Å². The monoisotopic (exact) mass is 581 g/mol. The van der Waals surface area contributed by atoms with E-state index in [0.717, 1.165) is 25.7 Å². The molecule has 1 aromatic rings. The molecule has 1 aromatic carbocycles. The van der Waals surface area contributed by atoms with Gasteiger partial charge in [0.05, 0.1) is 26.7 Å². The highest BCUT2D eigenvalue weighted by Gasteiger charge is 2.23. The lowest BCUT2D eigenvalue weighted by Crippen LogP contribution is -2.41. The van der Waals surface area contributed by atoms with Crippen LogP contribution in [0.15, 0.2) is 18.2 Å². The van der Waals surface area contributed by atoms with Gasteiger partial charge in [-0.1, -0.05) is 66.4 Å². The molecule has 0 radical (unpaired) electrons. The maximum absolute atomic E-state index is 12.4. The first kappa shape index (κ1) is 35.7. The van der Waals surface area contributed by atoms with Crippen LogP contribution in [0.25, 0.3) is 0 Å². The van der Waals surface area contributed by atoms with Crippen molar-refractivity contribution in [2.75, 3.05) is 33.5 Å². The van der Waals surface area contributed by atoms with Gasteiger partial charge in [-0.15, -0.1) is 0 Å². The van der Waals surface area contributed by atoms with Gasteiger partial charge in [-0.3, -0.25) is 9.59 Å². The maximum atomic E-state index is 12.4. The van der Waals surface area contributed by atoms with Crippen LogP contribution in [0.5, 0.6) is 11.5 Å². The molecule has 0 fully saturated rings. The Labute approximate surface area is 243 Å². The second-order valence-electron chi connectivity index (χ2n) is 10.8. The number of benzene rings is 1. The van der Waals surface area contributed by atoms with Gasteiger partial charge in [-0.2, -0.15) is 0 Å². The Balaban J connectivity index is 2.94. The van der Waals surface area contributed by atoms with Crippen molar-refractivity contribution in [3.05, 3.63) is 23.8 Å². The molecule has 232 valence electrons. The summed E-state index contributed by atoms with van der Waals surface area (Å²) in [6.07, 6.45) is 3.70. The number of unbranched alkanes of at least 4 members (excludes halogenated alkanes) is 4. The number of hydrogen-bond donors (Lipinski definition) is 1. The quantitative estimate of drug-likeness (QED) is 0.0982. The first-order valence-electron chi connectivity index (χ1n) is 14.3. The Hall–Kier alpha value is -3.34. The zero-order valence-electron chi connectivity index (χ0n) is 25.4. The summed E-state index contributed by atoms with van der Waals surface area (Å²) in [7, 11) is 1.27. The van der Waals surface area contributed by atoms with E-state index in [2.05, 4.69) is 5.32 Å². The van der Waals surface area contributed by atoms with E-state index in [0.29, 0.717) is 18.4 Å². The topological polar surface area (TPSA) is 136 Å². The van der Waals surface area contributed by atoms with Crippen molar-refractivity contribution in [2.45, 2.75) is 92.0 Å². The summed E-state index contributed by atoms with van der Waals surface area (Å²) in [5.41, 5.74) is 0.387. The Morgan fingerprint density at radius 2 is 1.39 bits per heavy atom. The third-order valence-corrected chi connectivity index (χ3v) is 5.69. The molecular weight excluding hydrogens is 534 g/mol. The molecule has 41 heavy (non-hydrogen) atoms. The van der Waals surface area contributed by atoms with E-state index in [9.17, 15) is 19.2 Å². The van der Waals surface area contributed by atoms with Crippen LogP contribution in [0.4, 0.5) is 9.59 Å². The Bertz CT molecular complexity index is 957. The number of methoxy groups -OCH3 is 1. The minimum atomic E-state index is -0.945. The Morgan fingerprint density at radius 3 is 1.93 bits per heavy atom. The summed E-state index contributed by atoms with van der Waals surface area (Å²) < 4.78 is 31.0. The smallest absolute Gasteiger partial charge is 0.468 e. The molecule has 0 saturated heterocycles. The lowest BCUT2D eigenvalue weighted by atomic mass is 9.93. The van der Waals surface area contributed by atoms with E-state index in [1.54, 1.807) is 6.07 Å². The van der Waals surface area contributed by atoms with Gasteiger partial charge in [-0.25, -0.2) is 9.59 Å². The average Bonchev–Trinajstić information content (AvgIpc) is 2.90. The lowest BCUT2D eigenvalue weighted by molar-refractivity contribution is -0.145. The molecule has 11 heteroatoms. The Kier molecular flexibility index (Phi) is 17.1. The number of nitrogens with one attached hydrogen (secondary N) is 1. The molecule has 0 saturated carbocycles. The largest absolute Gasteiger partial charge is 0.513 e. The summed E-state index contributed by atoms with van der Waals surface area (Å²) in [6, 6.07) is 3.77. The average molecular weight is 582 g/mol. The molecule has 11 nitrogen and oxygen atoms in total. The van der Waals surface area contributed by atoms with Crippen molar-refractivity contribution in [2.24, 2.45) is 5.41 Å². The van der Waals surface area contributed by atoms with Gasteiger partial charge in [0.2, 0.25) is 0 Å². The zero-order chi connectivity index (χ0) is 30.7. The van der Waals surface area contributed by atoms with Gasteiger partial charge in [0, 0.05) is 6.54 Å². The normalized spacial score (nSPS) is 11.8. The number of ether oxygens (including phenoxy) is 6. The summed E-state index contributed by atoms with van der Waals surface area (Å²) >= 11 is 0. The fraction of sp³-hybridized carbons (Fsp3) is 0.667. The maximum Gasteiger partial charge on any atom is 0.513 e. The molecule has 0 bridgehead atoms. The molecule has 1 atom stereocenters. The summed E-state index contributed by atoms with van der Waals surface area (Å²) in [6.45, 7) is 10.6. The summed E-state index contributed by atoms with van der Waals surface area (Å²) in [5.74, 6) is -0.946. The minimum Gasteiger partial charge on any atom is -0.468 e. The predicted octanol–water partition coefficient (Wildman–Crippen LogP) is 5.75. The van der Waals surface area contributed by atoms with Crippen LogP contribution < -0.4 is 14.8 Å². The van der Waals surface area contributed by atoms with Gasteiger partial charge in [0.15, 0.2) is 11.5 Å². The lowest BCUT2D eigenvalue weighted by Gasteiger charge is -2.19. The van der Waals surface area contributed by atoms with Crippen LogP contribution in [0.2, 0.25) is 0 Å². The highest BCUT2D eigenvalue weighted by molar-refractivity contribution is 5.76. The molecule has 0 unspecified atom stereocenters. The predicted molar refractivity (Wildman–Crippen MR) is 152 cm³/mol. The molecule has 0 aliphatic heterocycles. The van der Waals surface area contributed by atoms with Crippen LogP contribution in [-0.4, -0.2) is 63.8 Å². The first-order valence-corrected chi connectivity index (χ1v) is 14.3. The molecule has 0 heterocycles. The van der Waals surface area contributed by atoms with Crippen molar-refractivity contribution in [3.8, 4) is 11.5 Å². The molecule has 1 rings (SSSR count). The van der Waals surface area contributed by atoms with E-state index in [1.807, 2.05) is 34.6 Å². The zero-order valence-corrected chi connectivity index (χ0v) is 25.4. The van der Waals surface area contributed by atoms with Crippen LogP contribution in [0.1, 0.15) is 85.1 Å². The van der Waals surface area contributed by atoms with Crippen molar-refractivity contribution in [3.63, 3.8) is 0 Å². The summed E-state index contributed by atoms with van der Waals surface area (Å²) in [5, 5.41) is 3.03. The van der Waals surface area contributed by atoms with Crippen LogP contribution in [-0.2, 0) is 35.0 Å². The molecule has 0 aliphatic rings. The Morgan fingerprint density at radius 1 is 0.805 bits per heavy atom. The molecule has 0 amide bonds. The highest BCUT2D eigenvalue weighted by Crippen LogP contribution is 2.30. The number of esters is 2. The third kappa shape index (κ3) is 16.5. The van der Waals surface area contributed by atoms with Crippen LogP contribution in [0, 0.1) is 5.41 Å². The standard InChI is InChI=1S/C30H47NO10/c1-7-9-11-16-38-28(34)40-24-14-13-22(20-25(24)41-29(35)39-17-12-10-8-2)19-23(27(33)36-6)31-15-18-37-26(32)21-30(3,4)5/h13-14,20,23,31H,7-12,15-19,21H2,1-6H3/t23-/m0/s1. The van der Waals surface area contributed by atoms with Crippen molar-refractivity contribution < 1.29 is 47.6 Å². The SMILES string of the molecule is CCCCCOC(=O)Oc1ccc(C[C@H](NCCOC(=O)CC(C)(C)C)C(=O)OC)cc1OC(=O)OCCCCC. The number of rotatable bonds is 18. The van der Waals surface area contributed by atoms with Crippen molar-refractivity contribution in [1.29, 1.82) is 0 Å². The number of carbonyl (C=O) groups excluding carboxylic acids is 4. The van der Waals surface area contributed by atoms with Crippen molar-refractivity contribution in [1.82, 2.24) is 5.32 Å². The van der Waals surface area contributed by atoms with E-state index in [-0.39, 0.29) is 62.1 Å². The molecule has 0 aliphatic carbocycles. The highest BCUT2D eigenvalue weighted by atomic mass is 16.7. The minimum absolute atomic E-state index is 0.0342. The van der Waals surface area contributed by atoms with Gasteiger partial charge >= 0.3 is 24.2 Å². The number of carbonyl (C=O) groups is 4. The van der Waals surface area contributed by atoms with E-state index >= 15 is 0 Å². The molecule has 0 spiro atoms. The van der Waals surface area contributed by atoms with Gasteiger partial charge < -0.3 is 33.7 Å². The molecule has 0 aromatic heterocycles. The third-order valence-electron chi connectivity index (χ3n) is 5.69. The van der Waals surface area contributed by atoms with Gasteiger partial charge in [-0.05, 0) is 42.4 Å². The second-order valence-corrected chi connectivity index (χ2v) is 10.8. The van der Waals surface area contributed by atoms with E-state index < -0.39 is 24.3 Å². The fourth-order valence-electron chi connectivity index (χ4n) is 3.60. The van der Waals surface area contributed by atoms with Crippen LogP contribution in [0.3, 0.4) is 0 Å². The van der Waals surface area contributed by atoms with Crippen molar-refractivity contribution >= 4 is 24.2 Å². The first-order chi connectivity index (χ1) is 19.5. The molecule has 1 N–H and O–H groups in total. The number of hydrogen-bond acceptors (Lipinski definition) is 11. The van der Waals surface area contributed by atoms with Gasteiger partial charge in [0.1, 0.15) is 12.6 Å². The second kappa shape index (κ2) is 19.7.